The van der Waals surface area contributed by atoms with Crippen molar-refractivity contribution >= 4 is 23.4 Å². The number of hydrogen-bond acceptors (Lipinski definition) is 11. The van der Waals surface area contributed by atoms with E-state index >= 15 is 4.79 Å². The van der Waals surface area contributed by atoms with Crippen molar-refractivity contribution in [1.29, 1.82) is 0 Å². The van der Waals surface area contributed by atoms with Gasteiger partial charge in [-0.15, -0.1) is 0 Å². The Kier molecular flexibility index (Phi) is 14.0. The number of rotatable bonds is 6. The molecule has 10 bridgehead atoms. The number of fused-ring (bicyclic) bond motifs is 10. The summed E-state index contributed by atoms with van der Waals surface area (Å²) in [6.07, 6.45) is 15.0. The van der Waals surface area contributed by atoms with Crippen molar-refractivity contribution < 1.29 is 49.4 Å². The number of anilines is 1. The van der Waals surface area contributed by atoms with Crippen molar-refractivity contribution in [3.05, 3.63) is 111 Å². The van der Waals surface area contributed by atoms with E-state index in [4.69, 9.17) is 9.47 Å². The van der Waals surface area contributed by atoms with Crippen molar-refractivity contribution in [1.82, 2.24) is 0 Å². The van der Waals surface area contributed by atoms with Crippen molar-refractivity contribution in [2.75, 3.05) is 11.9 Å². The van der Waals surface area contributed by atoms with E-state index < -0.39 is 59.0 Å². The number of hydrogen-bond donors (Lipinski definition) is 6. The number of phenols is 1. The number of phenolic OH excluding ortho intramolecular Hbond substituents is 1. The average Bonchev–Trinajstić information content (AvgIpc) is 3.40. The summed E-state index contributed by atoms with van der Waals surface area (Å²) in [4.78, 5) is 44.3. The Morgan fingerprint density at radius 3 is 2.47 bits per heavy atom. The summed E-state index contributed by atoms with van der Waals surface area (Å²) in [5.41, 5.74) is 3.43. The van der Waals surface area contributed by atoms with Crippen LogP contribution >= 0.6 is 0 Å². The Morgan fingerprint density at radius 2 is 1.67 bits per heavy atom. The van der Waals surface area contributed by atoms with Crippen LogP contribution in [0.2, 0.25) is 0 Å². The Labute approximate surface area is 429 Å². The van der Waals surface area contributed by atoms with E-state index in [1.807, 2.05) is 30.3 Å². The maximum absolute atomic E-state index is 16.0. The molecule has 8 aliphatic rings. The third-order valence-corrected chi connectivity index (χ3v) is 18.9. The zero-order valence-electron chi connectivity index (χ0n) is 42.3. The van der Waals surface area contributed by atoms with Gasteiger partial charge in [0.2, 0.25) is 0 Å². The van der Waals surface area contributed by atoms with Crippen LogP contribution in [0.25, 0.3) is 0 Å². The van der Waals surface area contributed by atoms with Crippen LogP contribution in [-0.2, 0) is 44.0 Å². The number of benzene rings is 3. The average molecular weight is 992 g/mol. The molecule has 4 saturated carbocycles. The van der Waals surface area contributed by atoms with Crippen LogP contribution in [0.3, 0.4) is 0 Å². The Hall–Kier alpha value is -5.25. The second-order valence-corrected chi connectivity index (χ2v) is 23.3. The number of aliphatic hydroxyl groups is 4. The molecule has 4 fully saturated rings. The van der Waals surface area contributed by atoms with Crippen molar-refractivity contribution in [3.63, 3.8) is 0 Å². The molecular weight excluding hydrogens is 919 g/mol. The van der Waals surface area contributed by atoms with E-state index in [-0.39, 0.29) is 79.1 Å². The highest BCUT2D eigenvalue weighted by molar-refractivity contribution is 5.89. The fourth-order valence-corrected chi connectivity index (χ4v) is 15.3. The van der Waals surface area contributed by atoms with Gasteiger partial charge in [0.05, 0.1) is 31.2 Å². The molecule has 5 aliphatic carbocycles. The van der Waals surface area contributed by atoms with Gasteiger partial charge in [0.25, 0.3) is 0 Å². The molecule has 3 aromatic rings. The summed E-state index contributed by atoms with van der Waals surface area (Å²) < 4.78 is 13.3. The van der Waals surface area contributed by atoms with Crippen molar-refractivity contribution in [2.24, 2.45) is 29.6 Å². The van der Waals surface area contributed by atoms with Gasteiger partial charge in [-0.1, -0.05) is 92.8 Å². The third kappa shape index (κ3) is 9.38. The number of ether oxygens (including phenoxy) is 2. The number of esters is 2. The number of allylic oxidation sites excluding steroid dienone is 2. The van der Waals surface area contributed by atoms with Crippen LogP contribution < -0.4 is 10.1 Å². The summed E-state index contributed by atoms with van der Waals surface area (Å²) in [5.74, 6) is 3.51. The topological polar surface area (TPSA) is 183 Å². The number of nitrogens with one attached hydrogen (secondary N) is 1. The number of carbonyl (C=O) groups excluding carboxylic acids is 3. The zero-order chi connectivity index (χ0) is 50.6. The van der Waals surface area contributed by atoms with Gasteiger partial charge in [0.1, 0.15) is 29.0 Å². The van der Waals surface area contributed by atoms with Gasteiger partial charge in [-0.05, 0) is 153 Å². The summed E-state index contributed by atoms with van der Waals surface area (Å²) >= 11 is 0. The molecule has 3 aliphatic heterocycles. The molecule has 6 N–H and O–H groups in total. The van der Waals surface area contributed by atoms with Gasteiger partial charge in [-0.2, -0.15) is 0 Å². The predicted molar refractivity (Wildman–Crippen MR) is 277 cm³/mol. The highest BCUT2D eigenvalue weighted by Gasteiger charge is 2.62. The summed E-state index contributed by atoms with van der Waals surface area (Å²) in [5, 5.41) is 64.4. The molecule has 1 spiro atoms. The van der Waals surface area contributed by atoms with E-state index in [0.29, 0.717) is 77.8 Å². The van der Waals surface area contributed by atoms with Crippen molar-refractivity contribution in [2.45, 2.75) is 183 Å². The smallest absolute Gasteiger partial charge is 0.334 e. The summed E-state index contributed by atoms with van der Waals surface area (Å²) in [7, 11) is 0. The molecular formula is C62H73NO10. The van der Waals surface area contributed by atoms with E-state index in [1.54, 1.807) is 13.0 Å². The second kappa shape index (κ2) is 20.5. The minimum absolute atomic E-state index is 0.0118. The molecule has 11 nitrogen and oxygen atoms in total. The van der Waals surface area contributed by atoms with E-state index in [0.717, 1.165) is 75.3 Å². The van der Waals surface area contributed by atoms with Crippen LogP contribution in [0.1, 0.15) is 173 Å². The zero-order valence-corrected chi connectivity index (χ0v) is 42.3. The lowest BCUT2D eigenvalue weighted by Crippen LogP contribution is -2.65. The van der Waals surface area contributed by atoms with Gasteiger partial charge < -0.3 is 40.3 Å². The van der Waals surface area contributed by atoms with Gasteiger partial charge in [0.15, 0.2) is 0 Å². The minimum atomic E-state index is -1.64. The third-order valence-electron chi connectivity index (χ3n) is 18.9. The first kappa shape index (κ1) is 49.9. The summed E-state index contributed by atoms with van der Waals surface area (Å²) in [6, 6.07) is 15.9. The maximum atomic E-state index is 16.0. The molecule has 11 rings (SSSR count). The van der Waals surface area contributed by atoms with Crippen molar-refractivity contribution in [3.8, 4) is 23.3 Å². The molecule has 73 heavy (non-hydrogen) atoms. The molecule has 0 unspecified atom stereocenters. The van der Waals surface area contributed by atoms with Crippen LogP contribution in [0.15, 0.2) is 72.3 Å². The molecule has 0 amide bonds. The van der Waals surface area contributed by atoms with Crippen LogP contribution in [0.5, 0.6) is 11.5 Å². The molecule has 3 aromatic carbocycles. The fraction of sp³-hybridized carbons (Fsp3) is 0.565. The van der Waals surface area contributed by atoms with E-state index in [2.05, 4.69) is 47.5 Å². The Morgan fingerprint density at radius 1 is 0.877 bits per heavy atom. The van der Waals surface area contributed by atoms with Gasteiger partial charge in [0, 0.05) is 59.0 Å². The molecule has 11 heteroatoms. The minimum Gasteiger partial charge on any atom is -0.507 e. The number of carbonyl (C=O) groups is 3. The van der Waals surface area contributed by atoms with E-state index in [1.165, 1.54) is 0 Å². The lowest BCUT2D eigenvalue weighted by Gasteiger charge is -2.58. The lowest BCUT2D eigenvalue weighted by molar-refractivity contribution is -0.221. The molecule has 0 radical (unpaired) electrons. The normalized spacial score (nSPS) is 33.1. The molecule has 11 atom stereocenters. The van der Waals surface area contributed by atoms with Crippen LogP contribution in [0.4, 0.5) is 5.69 Å². The van der Waals surface area contributed by atoms with Crippen LogP contribution in [-0.4, -0.2) is 73.7 Å². The highest BCUT2D eigenvalue weighted by Crippen LogP contribution is 2.59. The predicted octanol–water partition coefficient (Wildman–Crippen LogP) is 9.44. The Balaban J connectivity index is 1.17. The largest absolute Gasteiger partial charge is 0.507 e. The van der Waals surface area contributed by atoms with Gasteiger partial charge in [-0.3, -0.25) is 9.59 Å². The molecule has 386 valence electrons. The Bertz CT molecular complexity index is 2750. The van der Waals surface area contributed by atoms with Crippen LogP contribution in [0, 0.1) is 41.4 Å². The second-order valence-electron chi connectivity index (χ2n) is 23.3. The molecule has 0 saturated heterocycles. The first-order valence-electron chi connectivity index (χ1n) is 27.7. The standard InChI is InChI=1S/C62H73NO10/c1-36(65)34-63-47-25-38(35-64)23-43(28-47)40-17-18-41-33-56(68)73-59-48(41)30-44(58(69)57(59)39-12-4-2-5-13-39)32-55-62(71)51-16-7-6-14-42(51)29-49-50(53(66)20-19-52(49)62)26-37-11-10-15-46(24-37)61(21-8-3-9-22-61)54(67)31-45(27-40)60(70)72-55/h6,10-11,14-15,23-25,28,30-31,36,39-42,49-52,54-55,63-65,67,69,71H,2-5,7-9,12-13,16,19-22,26-27,29,32-35H2,1H3/b45-31-/t36-,40+,41+,42-,49+,50+,51-,52-,54-,55+,62-/m0/s1. The molecule has 0 aromatic heterocycles. The molecule has 3 heterocycles. The first-order chi connectivity index (χ1) is 35.3. The maximum Gasteiger partial charge on any atom is 0.334 e. The van der Waals surface area contributed by atoms with E-state index in [9.17, 15) is 35.1 Å². The highest BCUT2D eigenvalue weighted by atomic mass is 16.6. The number of ketones is 1. The fourth-order valence-electron chi connectivity index (χ4n) is 15.3. The number of Topliss-reactive ketones (excluding diaryl/α,β-unsaturated/α-hetero) is 1. The number of aliphatic hydroxyl groups excluding tert-OH is 3. The van der Waals surface area contributed by atoms with Gasteiger partial charge in [-0.25, -0.2) is 4.79 Å². The number of aromatic hydroxyl groups is 1. The first-order valence-corrected chi connectivity index (χ1v) is 27.7. The SMILES string of the molecule is C[C@H](O)CNc1cc(CO)cc([C@@H]2C#C[C@@H]3CC(=O)Oc4c3cc(c(O)c4C3CCCCC3)C[C@H]3OC(=O)/C(=C\[C@H](O)C4(CCCCC4)c4cccc(c4)C[C@H]4C(=O)CC[C@H]5[C@@H]4C[C@@H]4C=CCC[C@@H]4[C@@]35O)C2)c1. The monoisotopic (exact) mass is 992 g/mol. The lowest BCUT2D eigenvalue weighted by atomic mass is 9.49. The summed E-state index contributed by atoms with van der Waals surface area (Å²) in [6.45, 7) is 1.65. The van der Waals surface area contributed by atoms with Gasteiger partial charge >= 0.3 is 11.9 Å². The quantitative estimate of drug-likeness (QED) is 0.0599.